The molecule has 2 heteroatoms. The van der Waals surface area contributed by atoms with Gasteiger partial charge in [-0.2, -0.15) is 0 Å². The summed E-state index contributed by atoms with van der Waals surface area (Å²) in [6, 6.07) is 2.56. The van der Waals surface area contributed by atoms with Crippen LogP contribution in [0.25, 0.3) is 0 Å². The summed E-state index contributed by atoms with van der Waals surface area (Å²) in [7, 11) is 0. The molecule has 0 aliphatic carbocycles. The Hall–Kier alpha value is -0.0800. The molecule has 2 aliphatic rings. The van der Waals surface area contributed by atoms with Crippen molar-refractivity contribution in [3.8, 4) is 0 Å². The minimum atomic E-state index is 0.822. The smallest absolute Gasteiger partial charge is 0.0224 e. The first kappa shape index (κ1) is 15.3. The largest absolute Gasteiger partial charge is 0.298 e. The lowest BCUT2D eigenvalue weighted by atomic mass is 9.96. The van der Waals surface area contributed by atoms with Crippen LogP contribution in [-0.4, -0.2) is 47.6 Å². The Balaban J connectivity index is 2.00. The molecule has 3 atom stereocenters. The maximum absolute atomic E-state index is 2.91. The molecule has 19 heavy (non-hydrogen) atoms. The summed E-state index contributed by atoms with van der Waals surface area (Å²) in [6.07, 6.45) is 11.1. The maximum Gasteiger partial charge on any atom is 0.0224 e. The van der Waals surface area contributed by atoms with Gasteiger partial charge in [-0.1, -0.05) is 40.0 Å². The minimum Gasteiger partial charge on any atom is -0.298 e. The van der Waals surface area contributed by atoms with Gasteiger partial charge in [-0.05, 0) is 38.6 Å². The zero-order valence-corrected chi connectivity index (χ0v) is 13.4. The summed E-state index contributed by atoms with van der Waals surface area (Å²) in [6.45, 7) is 11.1. The normalized spacial score (nSPS) is 30.5. The van der Waals surface area contributed by atoms with Crippen LogP contribution in [0, 0.1) is 0 Å². The molecule has 0 aromatic rings. The predicted octanol–water partition coefficient (Wildman–Crippen LogP) is 3.90. The summed E-state index contributed by atoms with van der Waals surface area (Å²) in [5.41, 5.74) is 0. The van der Waals surface area contributed by atoms with Gasteiger partial charge in [0.15, 0.2) is 0 Å². The zero-order chi connectivity index (χ0) is 13.7. The van der Waals surface area contributed by atoms with E-state index in [0.29, 0.717) is 0 Å². The third kappa shape index (κ3) is 3.72. The van der Waals surface area contributed by atoms with Crippen LogP contribution in [0.15, 0.2) is 0 Å². The van der Waals surface area contributed by atoms with Crippen LogP contribution >= 0.6 is 0 Å². The molecule has 2 nitrogen and oxygen atoms in total. The van der Waals surface area contributed by atoms with Gasteiger partial charge < -0.3 is 0 Å². The fraction of sp³-hybridized carbons (Fsp3) is 1.00. The van der Waals surface area contributed by atoms with Gasteiger partial charge in [-0.15, -0.1) is 0 Å². The van der Waals surface area contributed by atoms with Crippen LogP contribution in [-0.2, 0) is 0 Å². The van der Waals surface area contributed by atoms with Crippen LogP contribution in [0.5, 0.6) is 0 Å². The lowest BCUT2D eigenvalue weighted by Gasteiger charge is -2.47. The van der Waals surface area contributed by atoms with Crippen molar-refractivity contribution >= 4 is 0 Å². The van der Waals surface area contributed by atoms with Crippen molar-refractivity contribution in [2.45, 2.75) is 90.3 Å². The molecule has 0 radical (unpaired) electrons. The number of hydrogen-bond acceptors (Lipinski definition) is 2. The van der Waals surface area contributed by atoms with Crippen molar-refractivity contribution in [3.05, 3.63) is 0 Å². The van der Waals surface area contributed by atoms with Crippen LogP contribution < -0.4 is 0 Å². The van der Waals surface area contributed by atoms with E-state index >= 15 is 0 Å². The van der Waals surface area contributed by atoms with Crippen molar-refractivity contribution in [2.24, 2.45) is 0 Å². The second-order valence-electron chi connectivity index (χ2n) is 6.63. The molecule has 2 heterocycles. The maximum atomic E-state index is 2.91. The molecule has 0 saturated carbocycles. The Labute approximate surface area is 120 Å². The van der Waals surface area contributed by atoms with Gasteiger partial charge in [0.1, 0.15) is 0 Å². The van der Waals surface area contributed by atoms with Gasteiger partial charge in [-0.3, -0.25) is 9.80 Å². The third-order valence-electron chi connectivity index (χ3n) is 5.29. The highest BCUT2D eigenvalue weighted by atomic mass is 15.3. The van der Waals surface area contributed by atoms with Gasteiger partial charge in [0.25, 0.3) is 0 Å². The molecule has 2 saturated heterocycles. The Morgan fingerprint density at radius 1 is 1.05 bits per heavy atom. The van der Waals surface area contributed by atoms with Crippen molar-refractivity contribution < 1.29 is 0 Å². The zero-order valence-electron chi connectivity index (χ0n) is 13.4. The first-order chi connectivity index (χ1) is 9.30. The number of rotatable bonds is 7. The molecule has 0 bridgehead atoms. The van der Waals surface area contributed by atoms with Crippen LogP contribution in [0.3, 0.4) is 0 Å². The molecule has 2 aliphatic heterocycles. The minimum absolute atomic E-state index is 0.822. The van der Waals surface area contributed by atoms with Crippen molar-refractivity contribution in [2.75, 3.05) is 19.6 Å². The molecular formula is C17H34N2. The van der Waals surface area contributed by atoms with Gasteiger partial charge in [0, 0.05) is 31.2 Å². The van der Waals surface area contributed by atoms with E-state index in [-0.39, 0.29) is 0 Å². The monoisotopic (exact) mass is 266 g/mol. The Morgan fingerprint density at radius 3 is 2.58 bits per heavy atom. The SMILES string of the molecule is CCCCC(CCC)N1CC2CCCN2CC1CC. The predicted molar refractivity (Wildman–Crippen MR) is 83.6 cm³/mol. The van der Waals surface area contributed by atoms with Crippen LogP contribution in [0.2, 0.25) is 0 Å². The van der Waals surface area contributed by atoms with Crippen molar-refractivity contribution in [1.82, 2.24) is 9.80 Å². The molecule has 0 aromatic carbocycles. The topological polar surface area (TPSA) is 6.48 Å². The lowest BCUT2D eigenvalue weighted by Crippen LogP contribution is -2.58. The summed E-state index contributed by atoms with van der Waals surface area (Å²) >= 11 is 0. The average molecular weight is 266 g/mol. The van der Waals surface area contributed by atoms with E-state index in [0.717, 1.165) is 18.1 Å². The number of nitrogens with zero attached hydrogens (tertiary/aromatic N) is 2. The third-order valence-corrected chi connectivity index (χ3v) is 5.29. The van der Waals surface area contributed by atoms with Gasteiger partial charge in [0.2, 0.25) is 0 Å². The Morgan fingerprint density at radius 2 is 1.89 bits per heavy atom. The van der Waals surface area contributed by atoms with E-state index in [1.54, 1.807) is 0 Å². The molecule has 2 fully saturated rings. The number of piperazine rings is 1. The lowest BCUT2D eigenvalue weighted by molar-refractivity contribution is 0.0122. The molecular weight excluding hydrogens is 232 g/mol. The van der Waals surface area contributed by atoms with Gasteiger partial charge >= 0.3 is 0 Å². The van der Waals surface area contributed by atoms with E-state index in [4.69, 9.17) is 0 Å². The van der Waals surface area contributed by atoms with E-state index in [9.17, 15) is 0 Å². The van der Waals surface area contributed by atoms with Crippen molar-refractivity contribution in [1.29, 1.82) is 0 Å². The number of unbranched alkanes of at least 4 members (excludes halogenated alkanes) is 1. The highest BCUT2D eigenvalue weighted by molar-refractivity contribution is 4.94. The second kappa shape index (κ2) is 7.64. The molecule has 0 spiro atoms. The first-order valence-electron chi connectivity index (χ1n) is 8.79. The number of hydrogen-bond donors (Lipinski definition) is 0. The Bertz CT molecular complexity index is 254. The molecule has 112 valence electrons. The summed E-state index contributed by atoms with van der Waals surface area (Å²) in [5, 5.41) is 0. The molecule has 0 aromatic heterocycles. The van der Waals surface area contributed by atoms with E-state index in [2.05, 4.69) is 30.6 Å². The van der Waals surface area contributed by atoms with Crippen LogP contribution in [0.4, 0.5) is 0 Å². The summed E-state index contributed by atoms with van der Waals surface area (Å²) < 4.78 is 0. The van der Waals surface area contributed by atoms with Crippen molar-refractivity contribution in [3.63, 3.8) is 0 Å². The highest BCUT2D eigenvalue weighted by Crippen LogP contribution is 2.29. The average Bonchev–Trinajstić information content (AvgIpc) is 2.89. The standard InChI is InChI=1S/C17H34N2/c1-4-7-10-16(9-5-2)19-14-17-11-8-12-18(17)13-15(19)6-3/h15-17H,4-14H2,1-3H3. The van der Waals surface area contributed by atoms with E-state index < -0.39 is 0 Å². The molecule has 2 rings (SSSR count). The Kier molecular flexibility index (Phi) is 6.15. The van der Waals surface area contributed by atoms with Gasteiger partial charge in [-0.25, -0.2) is 0 Å². The van der Waals surface area contributed by atoms with E-state index in [1.807, 2.05) is 0 Å². The van der Waals surface area contributed by atoms with Crippen LogP contribution in [0.1, 0.15) is 72.1 Å². The van der Waals surface area contributed by atoms with E-state index in [1.165, 1.54) is 71.0 Å². The number of fused-ring (bicyclic) bond motifs is 1. The molecule has 3 unspecified atom stereocenters. The molecule has 0 amide bonds. The fourth-order valence-electron chi connectivity index (χ4n) is 4.17. The van der Waals surface area contributed by atoms with Gasteiger partial charge in [0.05, 0.1) is 0 Å². The molecule has 0 N–H and O–H groups in total. The fourth-order valence-corrected chi connectivity index (χ4v) is 4.17. The summed E-state index contributed by atoms with van der Waals surface area (Å²) in [4.78, 5) is 5.68. The first-order valence-corrected chi connectivity index (χ1v) is 8.79. The quantitative estimate of drug-likeness (QED) is 0.689. The highest BCUT2D eigenvalue weighted by Gasteiger charge is 2.37. The second-order valence-corrected chi connectivity index (χ2v) is 6.63. The summed E-state index contributed by atoms with van der Waals surface area (Å²) in [5.74, 6) is 0.